The third kappa shape index (κ3) is 0.894. The van der Waals surface area contributed by atoms with Crippen LogP contribution in [0.25, 0.3) is 0 Å². The Labute approximate surface area is 85.7 Å². The summed E-state index contributed by atoms with van der Waals surface area (Å²) >= 11 is 0. The van der Waals surface area contributed by atoms with Crippen LogP contribution in [0.4, 0.5) is 5.69 Å². The molecule has 1 aliphatic heterocycles. The van der Waals surface area contributed by atoms with E-state index in [2.05, 4.69) is 57.0 Å². The first-order chi connectivity index (χ1) is 6.39. The van der Waals surface area contributed by atoms with Crippen molar-refractivity contribution in [3.05, 3.63) is 29.8 Å². The second-order valence-electron chi connectivity index (χ2n) is 4.84. The van der Waals surface area contributed by atoms with Crippen LogP contribution in [0.1, 0.15) is 26.3 Å². The van der Waals surface area contributed by atoms with Crippen LogP contribution in [-0.4, -0.2) is 12.6 Å². The van der Waals surface area contributed by atoms with Crippen LogP contribution < -0.4 is 10.6 Å². The lowest BCUT2D eigenvalue weighted by atomic mass is 9.80. The van der Waals surface area contributed by atoms with E-state index < -0.39 is 0 Å². The summed E-state index contributed by atoms with van der Waals surface area (Å²) < 4.78 is 0. The second-order valence-corrected chi connectivity index (χ2v) is 4.84. The molecule has 1 unspecified atom stereocenters. The maximum absolute atomic E-state index is 6.42. The highest BCUT2D eigenvalue weighted by molar-refractivity contribution is 5.65. The molecule has 0 amide bonds. The summed E-state index contributed by atoms with van der Waals surface area (Å²) in [5.41, 5.74) is 8.60. The van der Waals surface area contributed by atoms with Crippen molar-refractivity contribution in [3.8, 4) is 0 Å². The lowest BCUT2D eigenvalue weighted by Gasteiger charge is -2.40. The van der Waals surface area contributed by atoms with Gasteiger partial charge in [0.1, 0.15) is 0 Å². The number of anilines is 1. The SMILES string of the molecule is CN1c2ccccc2C(C)(N)C1(C)C. The maximum Gasteiger partial charge on any atom is 0.0631 e. The summed E-state index contributed by atoms with van der Waals surface area (Å²) in [5, 5.41) is 0. The Morgan fingerprint density at radius 1 is 1.14 bits per heavy atom. The number of hydrogen-bond acceptors (Lipinski definition) is 2. The maximum atomic E-state index is 6.42. The number of nitrogens with zero attached hydrogens (tertiary/aromatic N) is 1. The Hall–Kier alpha value is -1.02. The van der Waals surface area contributed by atoms with E-state index in [1.165, 1.54) is 11.3 Å². The number of rotatable bonds is 0. The predicted molar refractivity (Wildman–Crippen MR) is 60.5 cm³/mol. The zero-order chi connectivity index (χ0) is 10.6. The molecule has 1 aromatic carbocycles. The third-order valence-electron chi connectivity index (χ3n) is 3.93. The molecule has 1 aliphatic rings. The average molecular weight is 190 g/mol. The van der Waals surface area contributed by atoms with Gasteiger partial charge in [0.15, 0.2) is 0 Å². The normalized spacial score (nSPS) is 29.1. The van der Waals surface area contributed by atoms with Crippen molar-refractivity contribution in [2.24, 2.45) is 5.73 Å². The molecule has 76 valence electrons. The molecular weight excluding hydrogens is 172 g/mol. The molecule has 0 radical (unpaired) electrons. The number of likely N-dealkylation sites (N-methyl/N-ethyl adjacent to an activating group) is 1. The van der Waals surface area contributed by atoms with Gasteiger partial charge in [0, 0.05) is 12.7 Å². The van der Waals surface area contributed by atoms with Crippen LogP contribution in [0.2, 0.25) is 0 Å². The van der Waals surface area contributed by atoms with Gasteiger partial charge in [-0.2, -0.15) is 0 Å². The van der Waals surface area contributed by atoms with E-state index in [0.29, 0.717) is 0 Å². The van der Waals surface area contributed by atoms with Gasteiger partial charge in [-0.25, -0.2) is 0 Å². The van der Waals surface area contributed by atoms with E-state index in [4.69, 9.17) is 5.73 Å². The highest BCUT2D eigenvalue weighted by Crippen LogP contribution is 2.47. The summed E-state index contributed by atoms with van der Waals surface area (Å²) in [7, 11) is 2.11. The monoisotopic (exact) mass is 190 g/mol. The standard InChI is InChI=1S/C12H18N2/c1-11(2)12(3,13)9-7-5-6-8-10(9)14(11)4/h5-8H,13H2,1-4H3. The third-order valence-corrected chi connectivity index (χ3v) is 3.93. The van der Waals surface area contributed by atoms with Crippen LogP contribution in [0, 0.1) is 0 Å². The summed E-state index contributed by atoms with van der Waals surface area (Å²) in [6, 6.07) is 8.38. The van der Waals surface area contributed by atoms with Crippen LogP contribution in [0.15, 0.2) is 24.3 Å². The van der Waals surface area contributed by atoms with Gasteiger partial charge in [-0.3, -0.25) is 0 Å². The molecule has 0 fully saturated rings. The number of nitrogens with two attached hydrogens (primary N) is 1. The smallest absolute Gasteiger partial charge is 0.0631 e. The van der Waals surface area contributed by atoms with Crippen molar-refractivity contribution in [1.29, 1.82) is 0 Å². The number of para-hydroxylation sites is 1. The summed E-state index contributed by atoms with van der Waals surface area (Å²) in [6.45, 7) is 6.48. The number of hydrogen-bond donors (Lipinski definition) is 1. The first-order valence-electron chi connectivity index (χ1n) is 5.01. The van der Waals surface area contributed by atoms with Crippen LogP contribution in [-0.2, 0) is 5.54 Å². The highest BCUT2D eigenvalue weighted by atomic mass is 15.2. The first-order valence-corrected chi connectivity index (χ1v) is 5.01. The lowest BCUT2D eigenvalue weighted by Crippen LogP contribution is -2.55. The predicted octanol–water partition coefficient (Wildman–Crippen LogP) is 2.09. The molecule has 1 atom stereocenters. The van der Waals surface area contributed by atoms with Gasteiger partial charge in [-0.15, -0.1) is 0 Å². The van der Waals surface area contributed by atoms with Gasteiger partial charge in [0.05, 0.1) is 11.1 Å². The van der Waals surface area contributed by atoms with Crippen molar-refractivity contribution in [1.82, 2.24) is 0 Å². The molecule has 2 N–H and O–H groups in total. The highest BCUT2D eigenvalue weighted by Gasteiger charge is 2.49. The Kier molecular flexibility index (Phi) is 1.71. The zero-order valence-corrected chi connectivity index (χ0v) is 9.33. The lowest BCUT2D eigenvalue weighted by molar-refractivity contribution is 0.305. The summed E-state index contributed by atoms with van der Waals surface area (Å²) in [6.07, 6.45) is 0. The van der Waals surface area contributed by atoms with Crippen molar-refractivity contribution < 1.29 is 0 Å². The molecule has 0 bridgehead atoms. The molecule has 0 saturated heterocycles. The molecule has 1 aromatic rings. The zero-order valence-electron chi connectivity index (χ0n) is 9.33. The molecule has 1 heterocycles. The molecule has 0 aromatic heterocycles. The number of benzene rings is 1. The minimum atomic E-state index is -0.279. The van der Waals surface area contributed by atoms with Gasteiger partial charge < -0.3 is 10.6 Å². The molecule has 2 nitrogen and oxygen atoms in total. The van der Waals surface area contributed by atoms with Crippen LogP contribution in [0.3, 0.4) is 0 Å². The fraction of sp³-hybridized carbons (Fsp3) is 0.500. The van der Waals surface area contributed by atoms with E-state index in [-0.39, 0.29) is 11.1 Å². The van der Waals surface area contributed by atoms with Crippen molar-refractivity contribution >= 4 is 5.69 Å². The second kappa shape index (κ2) is 2.51. The fourth-order valence-corrected chi connectivity index (χ4v) is 2.18. The topological polar surface area (TPSA) is 29.3 Å². The van der Waals surface area contributed by atoms with Gasteiger partial charge >= 0.3 is 0 Å². The quantitative estimate of drug-likeness (QED) is 0.678. The van der Waals surface area contributed by atoms with Crippen LogP contribution in [0.5, 0.6) is 0 Å². The van der Waals surface area contributed by atoms with Crippen molar-refractivity contribution in [2.45, 2.75) is 31.8 Å². The molecule has 0 spiro atoms. The summed E-state index contributed by atoms with van der Waals surface area (Å²) in [4.78, 5) is 2.27. The Morgan fingerprint density at radius 2 is 1.71 bits per heavy atom. The molecular formula is C12H18N2. The molecule has 2 heteroatoms. The van der Waals surface area contributed by atoms with Gasteiger partial charge in [0.2, 0.25) is 0 Å². The molecule has 2 rings (SSSR count). The van der Waals surface area contributed by atoms with Crippen LogP contribution >= 0.6 is 0 Å². The van der Waals surface area contributed by atoms with Gasteiger partial charge in [-0.1, -0.05) is 18.2 Å². The largest absolute Gasteiger partial charge is 0.367 e. The van der Waals surface area contributed by atoms with Crippen molar-refractivity contribution in [2.75, 3.05) is 11.9 Å². The first kappa shape index (κ1) is 9.53. The molecule has 14 heavy (non-hydrogen) atoms. The summed E-state index contributed by atoms with van der Waals surface area (Å²) in [5.74, 6) is 0. The van der Waals surface area contributed by atoms with E-state index in [0.717, 1.165) is 0 Å². The van der Waals surface area contributed by atoms with E-state index in [1.54, 1.807) is 0 Å². The minimum Gasteiger partial charge on any atom is -0.367 e. The van der Waals surface area contributed by atoms with Gasteiger partial charge in [-0.05, 0) is 32.4 Å². The van der Waals surface area contributed by atoms with E-state index >= 15 is 0 Å². The molecule has 0 aliphatic carbocycles. The fourth-order valence-electron chi connectivity index (χ4n) is 2.18. The average Bonchev–Trinajstić information content (AvgIpc) is 2.27. The Bertz CT molecular complexity index is 366. The minimum absolute atomic E-state index is 0.0311. The van der Waals surface area contributed by atoms with Gasteiger partial charge in [0.25, 0.3) is 0 Å². The number of fused-ring (bicyclic) bond motifs is 1. The Morgan fingerprint density at radius 3 is 2.29 bits per heavy atom. The van der Waals surface area contributed by atoms with Crippen molar-refractivity contribution in [3.63, 3.8) is 0 Å². The van der Waals surface area contributed by atoms with E-state index in [1.807, 2.05) is 0 Å². The van der Waals surface area contributed by atoms with E-state index in [9.17, 15) is 0 Å². The molecule has 0 saturated carbocycles. The Balaban J connectivity index is 2.68.